The standard InChI is InChI=1S/C14H31N3O2S2/c1-12(2)15-10-13-8-6-7-9-17(13)21(18,19)16-11-14(3,4)20-5/h12-13,15-16H,6-11H2,1-5H3. The minimum Gasteiger partial charge on any atom is -0.313 e. The van der Waals surface area contributed by atoms with Crippen LogP contribution in [0.1, 0.15) is 47.0 Å². The van der Waals surface area contributed by atoms with Gasteiger partial charge in [0.2, 0.25) is 0 Å². The second-order valence-electron chi connectivity index (χ2n) is 6.61. The second kappa shape index (κ2) is 8.15. The van der Waals surface area contributed by atoms with Gasteiger partial charge in [-0.1, -0.05) is 20.3 Å². The maximum atomic E-state index is 12.6. The first-order chi connectivity index (χ1) is 9.68. The van der Waals surface area contributed by atoms with Crippen LogP contribution < -0.4 is 10.0 Å². The number of rotatable bonds is 8. The van der Waals surface area contributed by atoms with Crippen molar-refractivity contribution in [3.8, 4) is 0 Å². The Morgan fingerprint density at radius 2 is 2.00 bits per heavy atom. The molecule has 1 fully saturated rings. The van der Waals surface area contributed by atoms with Gasteiger partial charge in [0, 0.05) is 36.5 Å². The third kappa shape index (κ3) is 6.44. The average Bonchev–Trinajstić information content (AvgIpc) is 2.43. The molecule has 2 N–H and O–H groups in total. The van der Waals surface area contributed by atoms with E-state index in [-0.39, 0.29) is 10.8 Å². The highest BCUT2D eigenvalue weighted by Crippen LogP contribution is 2.22. The lowest BCUT2D eigenvalue weighted by atomic mass is 10.0. The first-order valence-electron chi connectivity index (χ1n) is 7.73. The zero-order valence-corrected chi connectivity index (χ0v) is 15.6. The second-order valence-corrected chi connectivity index (χ2v) is 9.83. The van der Waals surface area contributed by atoms with E-state index in [1.807, 2.05) is 20.1 Å². The molecular formula is C14H31N3O2S2. The summed E-state index contributed by atoms with van der Waals surface area (Å²) >= 11 is 1.67. The lowest BCUT2D eigenvalue weighted by Crippen LogP contribution is -2.54. The Kier molecular flexibility index (Phi) is 7.46. The summed E-state index contributed by atoms with van der Waals surface area (Å²) in [7, 11) is -3.39. The number of hydrogen-bond acceptors (Lipinski definition) is 4. The van der Waals surface area contributed by atoms with E-state index >= 15 is 0 Å². The van der Waals surface area contributed by atoms with E-state index < -0.39 is 10.2 Å². The molecule has 5 nitrogen and oxygen atoms in total. The molecule has 21 heavy (non-hydrogen) atoms. The topological polar surface area (TPSA) is 61.4 Å². The highest BCUT2D eigenvalue weighted by Gasteiger charge is 2.33. The Balaban J connectivity index is 2.68. The smallest absolute Gasteiger partial charge is 0.279 e. The minimum absolute atomic E-state index is 0.0658. The fraction of sp³-hybridized carbons (Fsp3) is 1.00. The number of nitrogens with zero attached hydrogens (tertiary/aromatic N) is 1. The van der Waals surface area contributed by atoms with Gasteiger partial charge >= 0.3 is 0 Å². The third-order valence-corrected chi connectivity index (χ3v) is 6.73. The maximum Gasteiger partial charge on any atom is 0.279 e. The molecule has 0 aromatic carbocycles. The molecule has 0 amide bonds. The van der Waals surface area contributed by atoms with Gasteiger partial charge in [-0.3, -0.25) is 0 Å². The number of piperidine rings is 1. The van der Waals surface area contributed by atoms with Gasteiger partial charge in [-0.05, 0) is 32.9 Å². The summed E-state index contributed by atoms with van der Waals surface area (Å²) in [6, 6.07) is 0.441. The lowest BCUT2D eigenvalue weighted by molar-refractivity contribution is 0.239. The van der Waals surface area contributed by atoms with Crippen LogP contribution in [0, 0.1) is 0 Å². The summed E-state index contributed by atoms with van der Waals surface area (Å²) in [5.74, 6) is 0. The van der Waals surface area contributed by atoms with Crippen molar-refractivity contribution in [1.29, 1.82) is 0 Å². The van der Waals surface area contributed by atoms with Crippen LogP contribution in [0.25, 0.3) is 0 Å². The first-order valence-corrected chi connectivity index (χ1v) is 10.4. The summed E-state index contributed by atoms with van der Waals surface area (Å²) in [6.45, 7) is 10.1. The fourth-order valence-electron chi connectivity index (χ4n) is 2.29. The van der Waals surface area contributed by atoms with Crippen molar-refractivity contribution in [2.75, 3.05) is 25.9 Å². The molecule has 1 aliphatic rings. The van der Waals surface area contributed by atoms with Crippen molar-refractivity contribution < 1.29 is 8.42 Å². The van der Waals surface area contributed by atoms with Crippen molar-refractivity contribution in [3.63, 3.8) is 0 Å². The molecule has 1 saturated heterocycles. The Morgan fingerprint density at radius 1 is 1.33 bits per heavy atom. The molecule has 1 atom stereocenters. The van der Waals surface area contributed by atoms with Gasteiger partial charge < -0.3 is 5.32 Å². The summed E-state index contributed by atoms with van der Waals surface area (Å²) in [4.78, 5) is 0. The molecule has 7 heteroatoms. The normalized spacial score (nSPS) is 21.9. The molecular weight excluding hydrogens is 306 g/mol. The van der Waals surface area contributed by atoms with Crippen molar-refractivity contribution in [2.45, 2.75) is 63.8 Å². The monoisotopic (exact) mass is 337 g/mol. The van der Waals surface area contributed by atoms with Crippen molar-refractivity contribution >= 4 is 22.0 Å². The minimum atomic E-state index is -3.39. The largest absolute Gasteiger partial charge is 0.313 e. The molecule has 0 radical (unpaired) electrons. The van der Waals surface area contributed by atoms with Gasteiger partial charge in [-0.15, -0.1) is 0 Å². The number of thioether (sulfide) groups is 1. The molecule has 0 aromatic heterocycles. The van der Waals surface area contributed by atoms with Crippen molar-refractivity contribution in [2.24, 2.45) is 0 Å². The van der Waals surface area contributed by atoms with Crippen LogP contribution in [0.5, 0.6) is 0 Å². The molecule has 0 aromatic rings. The van der Waals surface area contributed by atoms with Gasteiger partial charge in [0.15, 0.2) is 0 Å². The van der Waals surface area contributed by atoms with Crippen LogP contribution >= 0.6 is 11.8 Å². The fourth-order valence-corrected chi connectivity index (χ4v) is 4.25. The Morgan fingerprint density at radius 3 is 2.57 bits per heavy atom. The van der Waals surface area contributed by atoms with Crippen LogP contribution in [0.15, 0.2) is 0 Å². The van der Waals surface area contributed by atoms with Gasteiger partial charge in [-0.2, -0.15) is 24.5 Å². The Labute approximate surface area is 134 Å². The van der Waals surface area contributed by atoms with Gasteiger partial charge in [0.25, 0.3) is 10.2 Å². The van der Waals surface area contributed by atoms with E-state index in [9.17, 15) is 8.42 Å². The maximum absolute atomic E-state index is 12.6. The van der Waals surface area contributed by atoms with Gasteiger partial charge in [-0.25, -0.2) is 4.72 Å². The highest BCUT2D eigenvalue weighted by atomic mass is 32.2. The van der Waals surface area contributed by atoms with Crippen LogP contribution in [0.4, 0.5) is 0 Å². The summed E-state index contributed by atoms with van der Waals surface area (Å²) < 4.78 is 29.5. The van der Waals surface area contributed by atoms with E-state index in [4.69, 9.17) is 0 Å². The molecule has 0 bridgehead atoms. The molecule has 1 unspecified atom stereocenters. The van der Waals surface area contributed by atoms with Crippen molar-refractivity contribution in [1.82, 2.24) is 14.3 Å². The van der Waals surface area contributed by atoms with Crippen LogP contribution in [-0.2, 0) is 10.2 Å². The van der Waals surface area contributed by atoms with Gasteiger partial charge in [0.05, 0.1) is 0 Å². The van der Waals surface area contributed by atoms with Gasteiger partial charge in [0.1, 0.15) is 0 Å². The molecule has 1 heterocycles. The molecule has 0 spiro atoms. The summed E-state index contributed by atoms with van der Waals surface area (Å²) in [6.07, 6.45) is 4.99. The van der Waals surface area contributed by atoms with E-state index in [1.165, 1.54) is 0 Å². The Hall–Kier alpha value is 0.180. The molecule has 1 rings (SSSR count). The number of hydrogen-bond donors (Lipinski definition) is 2. The SMILES string of the molecule is CSC(C)(C)CNS(=O)(=O)N1CCCCC1CNC(C)C. The van der Waals surface area contributed by atoms with E-state index in [2.05, 4.69) is 23.9 Å². The predicted octanol–water partition coefficient (Wildman–Crippen LogP) is 1.81. The highest BCUT2D eigenvalue weighted by molar-refractivity contribution is 8.00. The lowest BCUT2D eigenvalue weighted by Gasteiger charge is -2.36. The van der Waals surface area contributed by atoms with Crippen LogP contribution in [-0.4, -0.2) is 55.4 Å². The third-order valence-electron chi connectivity index (χ3n) is 3.88. The average molecular weight is 338 g/mol. The molecule has 0 saturated carbocycles. The van der Waals surface area contributed by atoms with Crippen LogP contribution in [0.3, 0.4) is 0 Å². The predicted molar refractivity (Wildman–Crippen MR) is 92.0 cm³/mol. The zero-order chi connectivity index (χ0) is 16.1. The molecule has 126 valence electrons. The van der Waals surface area contributed by atoms with E-state index in [0.717, 1.165) is 25.8 Å². The molecule has 0 aliphatic carbocycles. The quantitative estimate of drug-likeness (QED) is 0.709. The summed E-state index contributed by atoms with van der Waals surface area (Å²) in [5, 5.41) is 3.36. The molecule has 1 aliphatic heterocycles. The van der Waals surface area contributed by atoms with E-state index in [1.54, 1.807) is 16.1 Å². The number of nitrogens with one attached hydrogen (secondary N) is 2. The Bertz CT molecular complexity index is 410. The summed E-state index contributed by atoms with van der Waals surface area (Å²) in [5.41, 5.74) is 0. The van der Waals surface area contributed by atoms with Crippen molar-refractivity contribution in [3.05, 3.63) is 0 Å². The first kappa shape index (κ1) is 19.2. The van der Waals surface area contributed by atoms with E-state index in [0.29, 0.717) is 19.1 Å². The zero-order valence-electron chi connectivity index (χ0n) is 14.0. The van der Waals surface area contributed by atoms with Crippen LogP contribution in [0.2, 0.25) is 0 Å².